The number of ether oxygens (including phenoxy) is 4. The number of benzene rings is 1. The third-order valence-corrected chi connectivity index (χ3v) is 4.99. The van der Waals surface area contributed by atoms with E-state index in [1.807, 2.05) is 30.3 Å². The summed E-state index contributed by atoms with van der Waals surface area (Å²) < 4.78 is 22.4. The number of nitrogens with zero attached hydrogens (tertiary/aromatic N) is 1. The molecule has 1 aromatic carbocycles. The van der Waals surface area contributed by atoms with Gasteiger partial charge in [0, 0.05) is 19.0 Å². The third-order valence-electron chi connectivity index (χ3n) is 4.99. The summed E-state index contributed by atoms with van der Waals surface area (Å²) in [7, 11) is 0. The van der Waals surface area contributed by atoms with E-state index in [1.54, 1.807) is 0 Å². The fourth-order valence-corrected chi connectivity index (χ4v) is 3.56. The van der Waals surface area contributed by atoms with Gasteiger partial charge in [0.1, 0.15) is 24.4 Å². The van der Waals surface area contributed by atoms with Gasteiger partial charge in [-0.25, -0.2) is 0 Å². The smallest absolute Gasteiger partial charge is 0.220 e. The van der Waals surface area contributed by atoms with E-state index in [0.29, 0.717) is 13.2 Å². The predicted octanol–water partition coefficient (Wildman–Crippen LogP) is -0.205. The van der Waals surface area contributed by atoms with Crippen molar-refractivity contribution in [3.63, 3.8) is 0 Å². The Morgan fingerprint density at radius 1 is 1.15 bits per heavy atom. The lowest BCUT2D eigenvalue weighted by molar-refractivity contribution is -0.345. The minimum atomic E-state index is -1.32. The molecule has 0 bridgehead atoms. The first kappa shape index (κ1) is 17.8. The van der Waals surface area contributed by atoms with Crippen LogP contribution in [0.25, 0.3) is 0 Å². The molecule has 26 heavy (non-hydrogen) atoms. The number of aliphatic hydroxyl groups is 2. The molecule has 1 aromatic rings. The first-order valence-electron chi connectivity index (χ1n) is 8.77. The van der Waals surface area contributed by atoms with Crippen LogP contribution in [0.5, 0.6) is 0 Å². The zero-order chi connectivity index (χ0) is 18.3. The van der Waals surface area contributed by atoms with E-state index in [-0.39, 0.29) is 18.6 Å². The van der Waals surface area contributed by atoms with Gasteiger partial charge in [0.15, 0.2) is 12.6 Å². The summed E-state index contributed by atoms with van der Waals surface area (Å²) in [5.41, 5.74) is 0.829. The Morgan fingerprint density at radius 2 is 1.88 bits per heavy atom. The minimum Gasteiger partial charge on any atom is -0.388 e. The van der Waals surface area contributed by atoms with Crippen molar-refractivity contribution in [2.45, 2.75) is 50.0 Å². The Hall–Kier alpha value is -1.55. The van der Waals surface area contributed by atoms with Gasteiger partial charge in [-0.05, 0) is 0 Å². The van der Waals surface area contributed by atoms with Crippen LogP contribution in [0.1, 0.15) is 18.8 Å². The number of epoxide rings is 1. The molecule has 2 N–H and O–H groups in total. The first-order valence-corrected chi connectivity index (χ1v) is 8.77. The first-order chi connectivity index (χ1) is 12.5. The summed E-state index contributed by atoms with van der Waals surface area (Å²) in [4.78, 5) is 13.5. The van der Waals surface area contributed by atoms with Crippen molar-refractivity contribution in [1.29, 1.82) is 0 Å². The van der Waals surface area contributed by atoms with Crippen LogP contribution >= 0.6 is 0 Å². The minimum absolute atomic E-state index is 0.0660. The van der Waals surface area contributed by atoms with Crippen molar-refractivity contribution in [2.24, 2.45) is 0 Å². The highest BCUT2D eigenvalue weighted by atomic mass is 16.7. The number of carbonyl (C=O) groups is 1. The molecule has 8 heteroatoms. The summed E-state index contributed by atoms with van der Waals surface area (Å²) in [6, 6.07) is 8.47. The number of rotatable bonds is 4. The van der Waals surface area contributed by atoms with Crippen molar-refractivity contribution in [2.75, 3.05) is 19.8 Å². The maximum Gasteiger partial charge on any atom is 0.220 e. The molecule has 0 aliphatic carbocycles. The van der Waals surface area contributed by atoms with Crippen LogP contribution in [0.2, 0.25) is 0 Å². The maximum atomic E-state index is 12.1. The van der Waals surface area contributed by atoms with Gasteiger partial charge in [0.25, 0.3) is 0 Å². The molecular weight excluding hydrogens is 342 g/mol. The molecule has 142 valence electrons. The molecule has 0 saturated carbocycles. The largest absolute Gasteiger partial charge is 0.388 e. The second kappa shape index (κ2) is 7.22. The molecular formula is C18H23NO7. The van der Waals surface area contributed by atoms with E-state index in [9.17, 15) is 15.0 Å². The Morgan fingerprint density at radius 3 is 2.54 bits per heavy atom. The third kappa shape index (κ3) is 3.48. The Kier molecular flexibility index (Phi) is 4.96. The number of aliphatic hydroxyl groups excluding tert-OH is 2. The van der Waals surface area contributed by atoms with Gasteiger partial charge in [0.2, 0.25) is 5.91 Å². The monoisotopic (exact) mass is 365 g/mol. The van der Waals surface area contributed by atoms with Crippen LogP contribution in [0.3, 0.4) is 0 Å². The number of fused-ring (bicyclic) bond motifs is 1. The second-order valence-corrected chi connectivity index (χ2v) is 6.85. The van der Waals surface area contributed by atoms with Crippen molar-refractivity contribution < 1.29 is 34.0 Å². The van der Waals surface area contributed by atoms with E-state index >= 15 is 0 Å². The van der Waals surface area contributed by atoms with E-state index in [2.05, 4.69) is 0 Å². The fraction of sp³-hybridized carbons (Fsp3) is 0.611. The zero-order valence-electron chi connectivity index (χ0n) is 14.4. The quantitative estimate of drug-likeness (QED) is 0.712. The summed E-state index contributed by atoms with van der Waals surface area (Å²) in [6.45, 7) is 2.44. The molecule has 3 saturated heterocycles. The maximum absolute atomic E-state index is 12.1. The molecule has 3 fully saturated rings. The molecule has 8 nitrogen and oxygen atoms in total. The number of hydrogen-bond donors (Lipinski definition) is 2. The summed E-state index contributed by atoms with van der Waals surface area (Å²) in [6.07, 6.45) is -4.46. The van der Waals surface area contributed by atoms with Crippen LogP contribution in [-0.2, 0) is 23.7 Å². The lowest BCUT2D eigenvalue weighted by Gasteiger charge is -2.49. The molecule has 7 atom stereocenters. The highest BCUT2D eigenvalue weighted by Crippen LogP contribution is 2.35. The standard InChI is InChI=1S/C18H23NO7/c1-10(20)19(7-12-8-23-12)14-15(21)16-13(25-17(14)22)9-24-18(26-16)11-5-3-2-4-6-11/h2-6,12-18,21-22H,7-9H2,1H3/t12-,13-,14-,15-,16-,17-,18?/m1/s1. The molecule has 0 aromatic heterocycles. The molecule has 4 rings (SSSR count). The molecule has 0 spiro atoms. The molecule has 3 aliphatic rings. The topological polar surface area (TPSA) is 101 Å². The summed E-state index contributed by atoms with van der Waals surface area (Å²) in [5, 5.41) is 21.3. The van der Waals surface area contributed by atoms with Crippen molar-refractivity contribution >= 4 is 5.91 Å². The van der Waals surface area contributed by atoms with Gasteiger partial charge in [-0.3, -0.25) is 4.79 Å². The Bertz CT molecular complexity index is 638. The number of carbonyl (C=O) groups excluding carboxylic acids is 1. The highest BCUT2D eigenvalue weighted by Gasteiger charge is 2.52. The molecule has 3 aliphatic heterocycles. The lowest BCUT2D eigenvalue weighted by atomic mass is 9.94. The van der Waals surface area contributed by atoms with Gasteiger partial charge < -0.3 is 34.1 Å². The predicted molar refractivity (Wildman–Crippen MR) is 87.8 cm³/mol. The van der Waals surface area contributed by atoms with Gasteiger partial charge >= 0.3 is 0 Å². The van der Waals surface area contributed by atoms with Gasteiger partial charge in [-0.2, -0.15) is 0 Å². The fourth-order valence-electron chi connectivity index (χ4n) is 3.56. The SMILES string of the molecule is CC(=O)N(C[C@@H]1CO1)[C@@H]1[C@@H](O)[C@@H]2OC(c3ccccc3)OC[C@H]2O[C@H]1O. The van der Waals surface area contributed by atoms with Gasteiger partial charge in [0.05, 0.1) is 19.3 Å². The molecule has 3 heterocycles. The Labute approximate surface area is 151 Å². The van der Waals surface area contributed by atoms with Crippen molar-refractivity contribution in [1.82, 2.24) is 4.90 Å². The normalized spacial score (nSPS) is 39.1. The number of amides is 1. The average molecular weight is 365 g/mol. The molecule has 1 amide bonds. The van der Waals surface area contributed by atoms with Gasteiger partial charge in [-0.1, -0.05) is 30.3 Å². The molecule has 1 unspecified atom stereocenters. The van der Waals surface area contributed by atoms with E-state index in [0.717, 1.165) is 5.56 Å². The average Bonchev–Trinajstić information content (AvgIpc) is 3.45. The van der Waals surface area contributed by atoms with E-state index in [4.69, 9.17) is 18.9 Å². The van der Waals surface area contributed by atoms with E-state index < -0.39 is 36.9 Å². The highest BCUT2D eigenvalue weighted by molar-refractivity contribution is 5.73. The van der Waals surface area contributed by atoms with Crippen LogP contribution in [0, 0.1) is 0 Å². The van der Waals surface area contributed by atoms with Crippen LogP contribution < -0.4 is 0 Å². The van der Waals surface area contributed by atoms with Crippen molar-refractivity contribution in [3.8, 4) is 0 Å². The van der Waals surface area contributed by atoms with Crippen molar-refractivity contribution in [3.05, 3.63) is 35.9 Å². The summed E-state index contributed by atoms with van der Waals surface area (Å²) in [5.74, 6) is -0.266. The second-order valence-electron chi connectivity index (χ2n) is 6.85. The number of hydrogen-bond acceptors (Lipinski definition) is 7. The summed E-state index contributed by atoms with van der Waals surface area (Å²) >= 11 is 0. The molecule has 0 radical (unpaired) electrons. The van der Waals surface area contributed by atoms with Crippen LogP contribution in [-0.4, -0.2) is 77.5 Å². The van der Waals surface area contributed by atoms with Crippen LogP contribution in [0.15, 0.2) is 30.3 Å². The van der Waals surface area contributed by atoms with Crippen LogP contribution in [0.4, 0.5) is 0 Å². The zero-order valence-corrected chi connectivity index (χ0v) is 14.4. The van der Waals surface area contributed by atoms with Gasteiger partial charge in [-0.15, -0.1) is 0 Å². The van der Waals surface area contributed by atoms with E-state index in [1.165, 1.54) is 11.8 Å². The lowest BCUT2D eigenvalue weighted by Crippen LogP contribution is -2.67. The Balaban J connectivity index is 1.52.